The molecule has 218 valence electrons. The van der Waals surface area contributed by atoms with Crippen LogP contribution in [0.1, 0.15) is 44.6 Å². The van der Waals surface area contributed by atoms with Crippen molar-refractivity contribution in [3.05, 3.63) is 60.2 Å². The number of nitrogen functional groups attached to an aromatic ring is 1. The molecule has 0 aromatic heterocycles. The average Bonchev–Trinajstić information content (AvgIpc) is 2.96. The minimum Gasteiger partial charge on any atom is -0.480 e. The fourth-order valence-electron chi connectivity index (χ4n) is 4.86. The second kappa shape index (κ2) is 16.8. The van der Waals surface area contributed by atoms with E-state index in [2.05, 4.69) is 5.32 Å². The molecule has 9 nitrogen and oxygen atoms in total. The van der Waals surface area contributed by atoms with Crippen LogP contribution in [0.5, 0.6) is 0 Å². The second-order valence-corrected chi connectivity index (χ2v) is 11.0. The lowest BCUT2D eigenvalue weighted by atomic mass is 9.81. The van der Waals surface area contributed by atoms with Gasteiger partial charge in [-0.05, 0) is 62.8 Å². The number of amides is 1. The molecule has 2 aromatic carbocycles. The molecule has 1 fully saturated rings. The summed E-state index contributed by atoms with van der Waals surface area (Å²) >= 11 is 1.42. The molecule has 3 rings (SSSR count). The van der Waals surface area contributed by atoms with Gasteiger partial charge in [0.25, 0.3) is 0 Å². The molecule has 0 spiro atoms. The first kappa shape index (κ1) is 31.3. The molecule has 1 amide bonds. The van der Waals surface area contributed by atoms with Crippen molar-refractivity contribution >= 4 is 35.5 Å². The van der Waals surface area contributed by atoms with E-state index in [1.54, 1.807) is 17.9 Å². The SMILES string of the molecule is CCOC(=O)C(CCCCN[C@@H](CSc1ccccc1N)C(=O)O)C1CCN(C(=O)OCc2ccccc2)CC1. The highest BCUT2D eigenvalue weighted by Gasteiger charge is 2.33. The van der Waals surface area contributed by atoms with Crippen LogP contribution >= 0.6 is 11.8 Å². The van der Waals surface area contributed by atoms with Gasteiger partial charge in [0.15, 0.2) is 0 Å². The lowest BCUT2D eigenvalue weighted by Gasteiger charge is -2.34. The van der Waals surface area contributed by atoms with E-state index in [0.717, 1.165) is 23.3 Å². The fraction of sp³-hybridized carbons (Fsp3) is 0.500. The summed E-state index contributed by atoms with van der Waals surface area (Å²) in [6, 6.07) is 16.3. The minimum atomic E-state index is -0.902. The van der Waals surface area contributed by atoms with Crippen molar-refractivity contribution < 1.29 is 29.0 Å². The molecular weight excluding hydrogens is 530 g/mol. The quantitative estimate of drug-likeness (QED) is 0.119. The number of hydrogen-bond acceptors (Lipinski definition) is 8. The third kappa shape index (κ3) is 10.1. The Bertz CT molecular complexity index is 1080. The van der Waals surface area contributed by atoms with E-state index in [0.29, 0.717) is 56.9 Å². The van der Waals surface area contributed by atoms with Crippen LogP contribution in [0.4, 0.5) is 10.5 Å². The number of aliphatic carboxylic acids is 1. The summed E-state index contributed by atoms with van der Waals surface area (Å²) < 4.78 is 10.8. The molecule has 1 aliphatic heterocycles. The Kier molecular flexibility index (Phi) is 13.1. The number of para-hydroxylation sites is 1. The molecule has 1 unspecified atom stereocenters. The minimum absolute atomic E-state index is 0.129. The zero-order valence-corrected chi connectivity index (χ0v) is 23.9. The number of hydrogen-bond donors (Lipinski definition) is 3. The highest BCUT2D eigenvalue weighted by atomic mass is 32.2. The van der Waals surface area contributed by atoms with E-state index in [1.165, 1.54) is 11.8 Å². The summed E-state index contributed by atoms with van der Waals surface area (Å²) in [6.07, 6.45) is 3.26. The standard InChI is InChI=1S/C30H41N3O6S/c1-2-38-29(36)24(23-15-18-33(19-16-23)30(37)39-20-22-10-4-3-5-11-22)12-8-9-17-32-26(28(34)35)21-40-27-14-7-6-13-25(27)31/h3-7,10-11,13-14,23-24,26,32H,2,8-9,12,15-21,31H2,1H3,(H,34,35)/t24?,26-/m0/s1. The van der Waals surface area contributed by atoms with Crippen molar-refractivity contribution in [3.63, 3.8) is 0 Å². The summed E-state index contributed by atoms with van der Waals surface area (Å²) in [6.45, 7) is 3.98. The second-order valence-electron chi connectivity index (χ2n) is 9.91. The van der Waals surface area contributed by atoms with E-state index >= 15 is 0 Å². The predicted octanol–water partition coefficient (Wildman–Crippen LogP) is 4.80. The van der Waals surface area contributed by atoms with Crippen molar-refractivity contribution in [1.82, 2.24) is 10.2 Å². The number of ether oxygens (including phenoxy) is 2. The molecule has 0 radical (unpaired) electrons. The maximum absolute atomic E-state index is 12.8. The van der Waals surface area contributed by atoms with E-state index in [1.807, 2.05) is 48.5 Å². The first-order valence-corrected chi connectivity index (χ1v) is 14.9. The topological polar surface area (TPSA) is 131 Å². The van der Waals surface area contributed by atoms with Crippen LogP contribution in [-0.4, -0.2) is 66.1 Å². The van der Waals surface area contributed by atoms with Crippen LogP contribution in [0, 0.1) is 11.8 Å². The number of carbonyl (C=O) groups excluding carboxylic acids is 2. The lowest BCUT2D eigenvalue weighted by Crippen LogP contribution is -2.42. The van der Waals surface area contributed by atoms with E-state index in [-0.39, 0.29) is 30.5 Å². The maximum atomic E-state index is 12.8. The normalized spacial score (nSPS) is 15.3. The number of nitrogens with two attached hydrogens (primary N) is 1. The highest BCUT2D eigenvalue weighted by molar-refractivity contribution is 7.99. The number of thioether (sulfide) groups is 1. The number of piperidine rings is 1. The van der Waals surface area contributed by atoms with Crippen molar-refractivity contribution in [2.24, 2.45) is 11.8 Å². The van der Waals surface area contributed by atoms with Gasteiger partial charge in [0.1, 0.15) is 12.6 Å². The smallest absolute Gasteiger partial charge is 0.410 e. The van der Waals surface area contributed by atoms with Crippen LogP contribution in [0.25, 0.3) is 0 Å². The first-order valence-electron chi connectivity index (χ1n) is 13.9. The third-order valence-corrected chi connectivity index (χ3v) is 8.30. The summed E-state index contributed by atoms with van der Waals surface area (Å²) in [7, 11) is 0. The van der Waals surface area contributed by atoms with Gasteiger partial charge in [-0.25, -0.2) is 4.79 Å². The summed E-state index contributed by atoms with van der Waals surface area (Å²) in [5.41, 5.74) is 7.54. The Morgan fingerprint density at radius 3 is 2.42 bits per heavy atom. The van der Waals surface area contributed by atoms with Crippen LogP contribution in [0.3, 0.4) is 0 Å². The Balaban J connectivity index is 1.41. The van der Waals surface area contributed by atoms with Crippen molar-refractivity contribution in [2.45, 2.75) is 56.6 Å². The zero-order valence-electron chi connectivity index (χ0n) is 23.1. The van der Waals surface area contributed by atoms with Crippen LogP contribution in [0.2, 0.25) is 0 Å². The van der Waals surface area contributed by atoms with Crippen LogP contribution < -0.4 is 11.1 Å². The molecule has 2 atom stereocenters. The number of carboxylic acid groups (broad SMARTS) is 1. The fourth-order valence-corrected chi connectivity index (χ4v) is 5.87. The summed E-state index contributed by atoms with van der Waals surface area (Å²) in [5, 5.41) is 12.7. The van der Waals surface area contributed by atoms with Gasteiger partial charge in [-0.1, -0.05) is 48.9 Å². The number of benzene rings is 2. The van der Waals surface area contributed by atoms with E-state index < -0.39 is 12.0 Å². The lowest BCUT2D eigenvalue weighted by molar-refractivity contribution is -0.151. The van der Waals surface area contributed by atoms with Gasteiger partial charge in [-0.15, -0.1) is 11.8 Å². The Hall–Kier alpha value is -3.24. The molecule has 4 N–H and O–H groups in total. The number of nitrogens with one attached hydrogen (secondary N) is 1. The van der Waals surface area contributed by atoms with Crippen LogP contribution in [0.15, 0.2) is 59.5 Å². The highest BCUT2D eigenvalue weighted by Crippen LogP contribution is 2.30. The third-order valence-electron chi connectivity index (χ3n) is 7.12. The number of esters is 1. The number of nitrogens with zero attached hydrogens (tertiary/aromatic N) is 1. The monoisotopic (exact) mass is 571 g/mol. The molecule has 0 bridgehead atoms. The van der Waals surface area contributed by atoms with Crippen molar-refractivity contribution in [1.29, 1.82) is 0 Å². The number of unbranched alkanes of at least 4 members (excludes halogenated alkanes) is 1. The van der Waals surface area contributed by atoms with Gasteiger partial charge in [-0.3, -0.25) is 9.59 Å². The molecule has 0 saturated carbocycles. The number of likely N-dealkylation sites (tertiary alicyclic amines) is 1. The number of anilines is 1. The van der Waals surface area contributed by atoms with E-state index in [4.69, 9.17) is 15.2 Å². The summed E-state index contributed by atoms with van der Waals surface area (Å²) in [4.78, 5) is 39.6. The zero-order chi connectivity index (χ0) is 28.7. The van der Waals surface area contributed by atoms with Gasteiger partial charge in [-0.2, -0.15) is 0 Å². The maximum Gasteiger partial charge on any atom is 0.410 e. The van der Waals surface area contributed by atoms with Gasteiger partial charge in [0.05, 0.1) is 12.5 Å². The van der Waals surface area contributed by atoms with Crippen molar-refractivity contribution in [2.75, 3.05) is 37.7 Å². The van der Waals surface area contributed by atoms with Gasteiger partial charge in [0.2, 0.25) is 0 Å². The molecule has 10 heteroatoms. The molecule has 1 aliphatic rings. The molecule has 0 aliphatic carbocycles. The van der Waals surface area contributed by atoms with Gasteiger partial charge >= 0.3 is 18.0 Å². The Labute approximate surface area is 240 Å². The molecule has 1 heterocycles. The number of rotatable bonds is 15. The summed E-state index contributed by atoms with van der Waals surface area (Å²) in [5.74, 6) is -0.846. The Morgan fingerprint density at radius 1 is 1.05 bits per heavy atom. The van der Waals surface area contributed by atoms with E-state index in [9.17, 15) is 19.5 Å². The van der Waals surface area contributed by atoms with Crippen LogP contribution in [-0.2, 0) is 25.7 Å². The average molecular weight is 572 g/mol. The molecule has 2 aromatic rings. The molecule has 1 saturated heterocycles. The van der Waals surface area contributed by atoms with Gasteiger partial charge < -0.3 is 30.5 Å². The largest absolute Gasteiger partial charge is 0.480 e. The first-order chi connectivity index (χ1) is 19.4. The Morgan fingerprint density at radius 2 is 1.75 bits per heavy atom. The number of carbonyl (C=O) groups is 3. The number of carboxylic acids is 1. The molecule has 40 heavy (non-hydrogen) atoms. The van der Waals surface area contributed by atoms with Gasteiger partial charge in [0, 0.05) is 29.4 Å². The van der Waals surface area contributed by atoms with Crippen molar-refractivity contribution in [3.8, 4) is 0 Å². The predicted molar refractivity (Wildman–Crippen MR) is 156 cm³/mol. The molecular formula is C30H41N3O6S.